The minimum Gasteiger partial charge on any atom is -0.379 e. The third kappa shape index (κ3) is 22.1. The van der Waals surface area contributed by atoms with E-state index >= 15 is 0 Å². The molecule has 0 aromatic carbocycles. The molecule has 0 rings (SSSR count). The van der Waals surface area contributed by atoms with Gasteiger partial charge in [-0.25, -0.2) is 4.90 Å². The lowest BCUT2D eigenvalue weighted by molar-refractivity contribution is -0.159. The first-order chi connectivity index (χ1) is 13.4. The summed E-state index contributed by atoms with van der Waals surface area (Å²) in [4.78, 5) is 1.17. The number of rotatable bonds is 18. The van der Waals surface area contributed by atoms with E-state index in [1.54, 1.807) is 0 Å². The summed E-state index contributed by atoms with van der Waals surface area (Å²) in [5.74, 6) is 0. The molecule has 3 unspecified atom stereocenters. The Bertz CT molecular complexity index is 248. The Hall–Kier alpha value is -0.160. The zero-order valence-corrected chi connectivity index (χ0v) is 19.8. The molecule has 0 radical (unpaired) electrons. The predicted molar refractivity (Wildman–Crippen MR) is 122 cm³/mol. The highest BCUT2D eigenvalue weighted by Crippen LogP contribution is 2.13. The second kappa shape index (κ2) is 23.1. The number of hydrogen-bond donors (Lipinski definition) is 3. The van der Waals surface area contributed by atoms with E-state index in [1.807, 2.05) is 0 Å². The van der Waals surface area contributed by atoms with Crippen LogP contribution in [0.2, 0.25) is 0 Å². The maximum Gasteiger partial charge on any atom is 0.108 e. The first-order valence-corrected chi connectivity index (χ1v) is 12.2. The molecule has 172 valence electrons. The van der Waals surface area contributed by atoms with Crippen molar-refractivity contribution < 1.29 is 15.3 Å². The predicted octanol–water partition coefficient (Wildman–Crippen LogP) is 6.57. The molecule has 4 nitrogen and oxygen atoms in total. The molecular formula is C24H53NO3. The van der Waals surface area contributed by atoms with Gasteiger partial charge in [-0.1, -0.05) is 117 Å². The van der Waals surface area contributed by atoms with Crippen LogP contribution >= 0.6 is 0 Å². The highest BCUT2D eigenvalue weighted by atomic mass is 16.4. The van der Waals surface area contributed by atoms with Crippen molar-refractivity contribution in [3.63, 3.8) is 0 Å². The van der Waals surface area contributed by atoms with Crippen molar-refractivity contribution in [3.8, 4) is 0 Å². The van der Waals surface area contributed by atoms with Crippen LogP contribution in [0.15, 0.2) is 0 Å². The van der Waals surface area contributed by atoms with E-state index in [-0.39, 0.29) is 0 Å². The van der Waals surface area contributed by atoms with Crippen LogP contribution in [0.25, 0.3) is 0 Å². The largest absolute Gasteiger partial charge is 0.379 e. The van der Waals surface area contributed by atoms with Crippen LogP contribution in [0.3, 0.4) is 0 Å². The Labute approximate surface area is 176 Å². The highest BCUT2D eigenvalue weighted by Gasteiger charge is 2.20. The van der Waals surface area contributed by atoms with Crippen molar-refractivity contribution in [2.45, 2.75) is 156 Å². The third-order valence-corrected chi connectivity index (χ3v) is 5.25. The van der Waals surface area contributed by atoms with Crippen LogP contribution in [0.5, 0.6) is 0 Å². The molecule has 0 heterocycles. The number of unbranched alkanes of at least 4 members (excludes halogenated alkanes) is 15. The Morgan fingerprint density at radius 2 is 0.607 bits per heavy atom. The van der Waals surface area contributed by atoms with Gasteiger partial charge in [0.05, 0.1) is 0 Å². The summed E-state index contributed by atoms with van der Waals surface area (Å²) >= 11 is 0. The van der Waals surface area contributed by atoms with Crippen LogP contribution < -0.4 is 0 Å². The summed E-state index contributed by atoms with van der Waals surface area (Å²) < 4.78 is 0. The van der Waals surface area contributed by atoms with Crippen molar-refractivity contribution >= 4 is 0 Å². The van der Waals surface area contributed by atoms with E-state index in [1.165, 1.54) is 128 Å². The fourth-order valence-electron chi connectivity index (χ4n) is 3.56. The molecule has 3 atom stereocenters. The SMILES string of the molecule is CC(O)N(C(C)O)C(C)O.CCCCCCCCCCCCCCCCCC. The van der Waals surface area contributed by atoms with Gasteiger partial charge < -0.3 is 15.3 Å². The molecule has 3 N–H and O–H groups in total. The van der Waals surface area contributed by atoms with E-state index in [4.69, 9.17) is 15.3 Å². The molecule has 0 spiro atoms. The molecular weight excluding hydrogens is 350 g/mol. The van der Waals surface area contributed by atoms with Gasteiger partial charge in [-0.2, -0.15) is 0 Å². The molecule has 0 saturated heterocycles. The van der Waals surface area contributed by atoms with E-state index in [0.29, 0.717) is 0 Å². The molecule has 0 aromatic heterocycles. The Kier molecular flexibility index (Phi) is 24.8. The summed E-state index contributed by atoms with van der Waals surface area (Å²) in [5, 5.41) is 26.9. The molecule has 0 aliphatic rings. The lowest BCUT2D eigenvalue weighted by Crippen LogP contribution is -2.45. The zero-order chi connectivity index (χ0) is 21.6. The van der Waals surface area contributed by atoms with Crippen LogP contribution in [0.4, 0.5) is 0 Å². The van der Waals surface area contributed by atoms with Crippen molar-refractivity contribution in [2.24, 2.45) is 0 Å². The number of nitrogens with zero attached hydrogens (tertiary/aromatic N) is 1. The van der Waals surface area contributed by atoms with Gasteiger partial charge in [-0.05, 0) is 20.8 Å². The van der Waals surface area contributed by atoms with E-state index in [9.17, 15) is 0 Å². The number of aliphatic hydroxyl groups excluding tert-OH is 3. The van der Waals surface area contributed by atoms with Gasteiger partial charge in [0, 0.05) is 0 Å². The first kappa shape index (κ1) is 30.0. The summed E-state index contributed by atoms with van der Waals surface area (Å²) in [7, 11) is 0. The topological polar surface area (TPSA) is 63.9 Å². The van der Waals surface area contributed by atoms with Crippen LogP contribution in [0.1, 0.15) is 137 Å². The molecule has 0 aliphatic carbocycles. The number of aliphatic hydroxyl groups is 3. The minimum atomic E-state index is -0.833. The summed E-state index contributed by atoms with van der Waals surface area (Å²) in [5.41, 5.74) is 0. The smallest absolute Gasteiger partial charge is 0.108 e. The Morgan fingerprint density at radius 1 is 0.429 bits per heavy atom. The quantitative estimate of drug-likeness (QED) is 0.179. The highest BCUT2D eigenvalue weighted by molar-refractivity contribution is 4.58. The van der Waals surface area contributed by atoms with E-state index in [2.05, 4.69) is 13.8 Å². The van der Waals surface area contributed by atoms with E-state index < -0.39 is 18.7 Å². The molecule has 0 aliphatic heterocycles. The van der Waals surface area contributed by atoms with Crippen LogP contribution in [0, 0.1) is 0 Å². The van der Waals surface area contributed by atoms with Gasteiger partial charge in [0.2, 0.25) is 0 Å². The lowest BCUT2D eigenvalue weighted by Gasteiger charge is -2.30. The average Bonchev–Trinajstić information content (AvgIpc) is 2.61. The molecule has 4 heteroatoms. The minimum absolute atomic E-state index is 0.833. The zero-order valence-electron chi connectivity index (χ0n) is 19.8. The number of hydrogen-bond acceptors (Lipinski definition) is 4. The summed E-state index contributed by atoms with van der Waals surface area (Å²) in [6.07, 6.45) is 20.9. The maximum absolute atomic E-state index is 8.96. The molecule has 28 heavy (non-hydrogen) atoms. The third-order valence-electron chi connectivity index (χ3n) is 5.25. The van der Waals surface area contributed by atoms with Crippen molar-refractivity contribution in [2.75, 3.05) is 0 Å². The van der Waals surface area contributed by atoms with Crippen molar-refractivity contribution in [1.82, 2.24) is 4.90 Å². The lowest BCUT2D eigenvalue weighted by atomic mass is 10.0. The average molecular weight is 404 g/mol. The fraction of sp³-hybridized carbons (Fsp3) is 1.00. The van der Waals surface area contributed by atoms with Gasteiger partial charge in [-0.3, -0.25) is 0 Å². The van der Waals surface area contributed by atoms with Crippen LogP contribution in [-0.2, 0) is 0 Å². The maximum atomic E-state index is 8.96. The van der Waals surface area contributed by atoms with Crippen molar-refractivity contribution in [1.29, 1.82) is 0 Å². The monoisotopic (exact) mass is 403 g/mol. The van der Waals surface area contributed by atoms with Gasteiger partial charge in [0.1, 0.15) is 18.7 Å². The van der Waals surface area contributed by atoms with Gasteiger partial charge >= 0.3 is 0 Å². The molecule has 0 fully saturated rings. The van der Waals surface area contributed by atoms with E-state index in [0.717, 1.165) is 0 Å². The normalized spacial score (nSPS) is 14.5. The summed E-state index contributed by atoms with van der Waals surface area (Å²) in [6, 6.07) is 0. The fourth-order valence-corrected chi connectivity index (χ4v) is 3.56. The Morgan fingerprint density at radius 3 is 0.714 bits per heavy atom. The summed E-state index contributed by atoms with van der Waals surface area (Å²) in [6.45, 7) is 9.04. The van der Waals surface area contributed by atoms with Gasteiger partial charge in [0.15, 0.2) is 0 Å². The standard InChI is InChI=1S/C18H38.C6H15NO3/c1-3-5-7-9-11-13-15-17-18-16-14-12-10-8-6-4-2;1-4(8)7(5(2)9)6(3)10/h3-18H2,1-2H3;4-6,8-10H,1-3H3. The van der Waals surface area contributed by atoms with Gasteiger partial charge in [-0.15, -0.1) is 0 Å². The second-order valence-electron chi connectivity index (χ2n) is 8.29. The second-order valence-corrected chi connectivity index (χ2v) is 8.29. The Balaban J connectivity index is 0. The molecule has 0 amide bonds. The van der Waals surface area contributed by atoms with Gasteiger partial charge in [0.25, 0.3) is 0 Å². The van der Waals surface area contributed by atoms with Crippen LogP contribution in [-0.4, -0.2) is 38.9 Å². The molecule has 0 aromatic rings. The first-order valence-electron chi connectivity index (χ1n) is 12.2. The molecule has 0 bridgehead atoms. The van der Waals surface area contributed by atoms with Crippen molar-refractivity contribution in [3.05, 3.63) is 0 Å². The molecule has 0 saturated carbocycles.